The van der Waals surface area contributed by atoms with Gasteiger partial charge in [0.1, 0.15) is 6.04 Å². The summed E-state index contributed by atoms with van der Waals surface area (Å²) in [6.07, 6.45) is 3.70. The summed E-state index contributed by atoms with van der Waals surface area (Å²) >= 11 is 0. The Bertz CT molecular complexity index is 1050. The van der Waals surface area contributed by atoms with Crippen molar-refractivity contribution in [3.63, 3.8) is 0 Å². The van der Waals surface area contributed by atoms with Gasteiger partial charge in [0.25, 0.3) is 0 Å². The first-order valence-electron chi connectivity index (χ1n) is 8.26. The molecule has 3 aromatic rings. The summed E-state index contributed by atoms with van der Waals surface area (Å²) in [5, 5.41) is 8.87. The van der Waals surface area contributed by atoms with Crippen LogP contribution in [0.25, 0.3) is 11.4 Å². The molecule has 1 aromatic heterocycles. The van der Waals surface area contributed by atoms with Crippen LogP contribution in [0, 0.1) is 11.3 Å². The van der Waals surface area contributed by atoms with Crippen molar-refractivity contribution in [2.75, 3.05) is 7.11 Å². The lowest BCUT2D eigenvalue weighted by Crippen LogP contribution is -2.33. The third-order valence-corrected chi connectivity index (χ3v) is 4.23. The molecule has 8 heteroatoms. The molecule has 1 atom stereocenters. The lowest BCUT2D eigenvalue weighted by Gasteiger charge is -2.10. The fourth-order valence-corrected chi connectivity index (χ4v) is 2.75. The maximum atomic E-state index is 12.7. The van der Waals surface area contributed by atoms with Gasteiger partial charge in [-0.1, -0.05) is 12.1 Å². The molecule has 1 unspecified atom stereocenters. The van der Waals surface area contributed by atoms with Crippen molar-refractivity contribution in [2.45, 2.75) is 12.5 Å². The smallest absolute Gasteiger partial charge is 0.337 e. The average Bonchev–Trinajstić information content (AvgIpc) is 3.09. The first-order chi connectivity index (χ1) is 13.0. The number of nitriles is 1. The molecule has 144 valence electrons. The maximum Gasteiger partial charge on any atom is 0.337 e. The van der Waals surface area contributed by atoms with Crippen LogP contribution in [-0.2, 0) is 16.0 Å². The number of ether oxygens (including phenoxy) is 1. The Hall–Kier alpha value is -3.34. The van der Waals surface area contributed by atoms with E-state index in [0.717, 1.165) is 5.56 Å². The minimum atomic E-state index is -0.721. The number of rotatable bonds is 5. The van der Waals surface area contributed by atoms with E-state index in [2.05, 4.69) is 10.8 Å². The van der Waals surface area contributed by atoms with Crippen LogP contribution in [0.2, 0.25) is 0 Å². The zero-order valence-electron chi connectivity index (χ0n) is 15.1. The predicted molar refractivity (Wildman–Crippen MR) is 107 cm³/mol. The normalized spacial score (nSPS) is 11.2. The number of carbonyl (C=O) groups excluding carboxylic acids is 1. The van der Waals surface area contributed by atoms with Crippen molar-refractivity contribution in [2.24, 2.45) is 5.73 Å². The molecule has 0 saturated heterocycles. The summed E-state index contributed by atoms with van der Waals surface area (Å²) in [5.41, 5.74) is 8.33. The molecular weight excluding hydrogens is 380 g/mol. The predicted octanol–water partition coefficient (Wildman–Crippen LogP) is 1.96. The van der Waals surface area contributed by atoms with Crippen LogP contribution in [0.1, 0.15) is 11.1 Å². The van der Waals surface area contributed by atoms with Gasteiger partial charge in [-0.15, -0.1) is 12.4 Å². The number of methoxy groups -OCH3 is 1. The van der Waals surface area contributed by atoms with E-state index in [4.69, 9.17) is 11.0 Å². The Kier molecular flexibility index (Phi) is 6.77. The molecule has 0 amide bonds. The highest BCUT2D eigenvalue weighted by atomic mass is 35.5. The Labute approximate surface area is 168 Å². The molecular formula is C20H19ClN4O3. The molecule has 0 aliphatic heterocycles. The van der Waals surface area contributed by atoms with Crippen LogP contribution in [0.3, 0.4) is 0 Å². The standard InChI is InChI=1S/C20H18N4O3.ClH/c1-27-19(25)18(22)12-14-2-6-16(7-3-14)23-10-11-24(20(23)26)17-8-4-15(13-21)5-9-17;/h2-11,18H,12,22H2,1H3;1H. The number of carbonyl (C=O) groups is 1. The Morgan fingerprint density at radius 1 is 1.07 bits per heavy atom. The molecule has 3 rings (SSSR count). The molecule has 2 aromatic carbocycles. The third-order valence-electron chi connectivity index (χ3n) is 4.23. The van der Waals surface area contributed by atoms with Gasteiger partial charge < -0.3 is 10.5 Å². The Morgan fingerprint density at radius 3 is 2.04 bits per heavy atom. The molecule has 0 aliphatic carbocycles. The Balaban J connectivity index is 0.00000280. The first-order valence-corrected chi connectivity index (χ1v) is 8.26. The minimum absolute atomic E-state index is 0. The van der Waals surface area contributed by atoms with Gasteiger partial charge in [-0.25, -0.2) is 4.79 Å². The van der Waals surface area contributed by atoms with E-state index in [1.807, 2.05) is 12.1 Å². The van der Waals surface area contributed by atoms with Gasteiger partial charge in [0.2, 0.25) is 0 Å². The number of nitrogens with two attached hydrogens (primary N) is 1. The zero-order valence-corrected chi connectivity index (χ0v) is 15.9. The van der Waals surface area contributed by atoms with Gasteiger partial charge in [0.05, 0.1) is 30.1 Å². The van der Waals surface area contributed by atoms with Crippen molar-refractivity contribution in [3.8, 4) is 17.4 Å². The number of halogens is 1. The van der Waals surface area contributed by atoms with Crippen LogP contribution in [0.5, 0.6) is 0 Å². The van der Waals surface area contributed by atoms with Crippen molar-refractivity contribution >= 4 is 18.4 Å². The van der Waals surface area contributed by atoms with E-state index in [0.29, 0.717) is 23.4 Å². The second-order valence-electron chi connectivity index (χ2n) is 5.98. The van der Waals surface area contributed by atoms with E-state index >= 15 is 0 Å². The summed E-state index contributed by atoms with van der Waals surface area (Å²) in [6.45, 7) is 0. The summed E-state index contributed by atoms with van der Waals surface area (Å²) in [5.74, 6) is -0.463. The zero-order chi connectivity index (χ0) is 19.4. The number of hydrogen-bond donors (Lipinski definition) is 1. The lowest BCUT2D eigenvalue weighted by molar-refractivity contribution is -0.142. The molecule has 0 spiro atoms. The van der Waals surface area contributed by atoms with Crippen molar-refractivity contribution in [1.82, 2.24) is 9.13 Å². The fraction of sp³-hybridized carbons (Fsp3) is 0.150. The van der Waals surface area contributed by atoms with Crippen LogP contribution in [0.15, 0.2) is 65.7 Å². The van der Waals surface area contributed by atoms with Gasteiger partial charge in [0.15, 0.2) is 0 Å². The third kappa shape index (κ3) is 4.31. The molecule has 0 saturated carbocycles. The van der Waals surface area contributed by atoms with E-state index < -0.39 is 12.0 Å². The highest BCUT2D eigenvalue weighted by Crippen LogP contribution is 2.12. The highest BCUT2D eigenvalue weighted by molar-refractivity contribution is 5.85. The molecule has 28 heavy (non-hydrogen) atoms. The Morgan fingerprint density at radius 2 is 1.57 bits per heavy atom. The number of benzene rings is 2. The van der Waals surface area contributed by atoms with E-state index in [1.165, 1.54) is 16.2 Å². The quantitative estimate of drug-likeness (QED) is 0.662. The van der Waals surface area contributed by atoms with E-state index in [9.17, 15) is 9.59 Å². The van der Waals surface area contributed by atoms with Crippen LogP contribution in [-0.4, -0.2) is 28.3 Å². The number of nitrogens with zero attached hydrogens (tertiary/aromatic N) is 3. The highest BCUT2D eigenvalue weighted by Gasteiger charge is 2.14. The topological polar surface area (TPSA) is 103 Å². The second kappa shape index (κ2) is 9.04. The number of hydrogen-bond acceptors (Lipinski definition) is 5. The number of esters is 1. The molecule has 0 aliphatic rings. The monoisotopic (exact) mass is 398 g/mol. The van der Waals surface area contributed by atoms with Gasteiger partial charge >= 0.3 is 11.7 Å². The van der Waals surface area contributed by atoms with E-state index in [-0.39, 0.29) is 18.1 Å². The average molecular weight is 399 g/mol. The van der Waals surface area contributed by atoms with Crippen molar-refractivity contribution < 1.29 is 9.53 Å². The van der Waals surface area contributed by atoms with E-state index in [1.54, 1.807) is 48.8 Å². The first kappa shape index (κ1) is 21.0. The van der Waals surface area contributed by atoms with Crippen LogP contribution >= 0.6 is 12.4 Å². The van der Waals surface area contributed by atoms with Gasteiger partial charge in [-0.2, -0.15) is 5.26 Å². The molecule has 2 N–H and O–H groups in total. The lowest BCUT2D eigenvalue weighted by atomic mass is 10.1. The summed E-state index contributed by atoms with van der Waals surface area (Å²) < 4.78 is 7.64. The summed E-state index contributed by atoms with van der Waals surface area (Å²) in [7, 11) is 1.30. The molecule has 0 radical (unpaired) electrons. The molecule has 1 heterocycles. The van der Waals surface area contributed by atoms with Gasteiger partial charge in [-0.3, -0.25) is 13.9 Å². The fourth-order valence-electron chi connectivity index (χ4n) is 2.75. The largest absolute Gasteiger partial charge is 0.468 e. The van der Waals surface area contributed by atoms with Crippen molar-refractivity contribution in [1.29, 1.82) is 5.26 Å². The molecule has 0 bridgehead atoms. The summed E-state index contributed by atoms with van der Waals surface area (Å²) in [6, 6.07) is 15.3. The number of imidazole rings is 1. The summed E-state index contributed by atoms with van der Waals surface area (Å²) in [4.78, 5) is 24.1. The van der Waals surface area contributed by atoms with Crippen LogP contribution < -0.4 is 11.4 Å². The van der Waals surface area contributed by atoms with Crippen molar-refractivity contribution in [3.05, 3.63) is 82.5 Å². The molecule has 7 nitrogen and oxygen atoms in total. The number of aromatic nitrogens is 2. The second-order valence-corrected chi connectivity index (χ2v) is 5.98. The SMILES string of the molecule is COC(=O)C(N)Cc1ccc(-n2ccn(-c3ccc(C#N)cc3)c2=O)cc1.Cl. The van der Waals surface area contributed by atoms with Crippen LogP contribution in [0.4, 0.5) is 0 Å². The van der Waals surface area contributed by atoms with Gasteiger partial charge in [0, 0.05) is 12.4 Å². The minimum Gasteiger partial charge on any atom is -0.468 e. The maximum absolute atomic E-state index is 12.7. The molecule has 0 fully saturated rings. The van der Waals surface area contributed by atoms with Gasteiger partial charge in [-0.05, 0) is 48.4 Å².